The van der Waals surface area contributed by atoms with Crippen molar-refractivity contribution in [3.8, 4) is 0 Å². The van der Waals surface area contributed by atoms with Crippen LogP contribution in [0.2, 0.25) is 0 Å². The Bertz CT molecular complexity index is 234. The molecular weight excluding hydrogens is 156 g/mol. The van der Waals surface area contributed by atoms with Crippen molar-refractivity contribution in [2.75, 3.05) is 0 Å². The summed E-state index contributed by atoms with van der Waals surface area (Å²) in [4.78, 5) is 21.8. The Kier molecular flexibility index (Phi) is 1.67. The van der Waals surface area contributed by atoms with E-state index in [0.29, 0.717) is 18.8 Å². The minimum Gasteiger partial charge on any atom is -0.481 e. The fourth-order valence-electron chi connectivity index (χ4n) is 2.63. The SMILES string of the molecule is O=C1C[C@H]2CC(C(=O)O)[C@@H](C1)C2. The second-order valence-corrected chi connectivity index (χ2v) is 3.99. The van der Waals surface area contributed by atoms with Crippen LogP contribution in [0.4, 0.5) is 0 Å². The Balaban J connectivity index is 2.14. The zero-order valence-corrected chi connectivity index (χ0v) is 6.82. The number of fused-ring (bicyclic) bond motifs is 2. The summed E-state index contributed by atoms with van der Waals surface area (Å²) in [6.45, 7) is 0. The molecule has 2 bridgehead atoms. The third-order valence-corrected chi connectivity index (χ3v) is 3.12. The Morgan fingerprint density at radius 2 is 2.08 bits per heavy atom. The zero-order chi connectivity index (χ0) is 8.72. The summed E-state index contributed by atoms with van der Waals surface area (Å²) >= 11 is 0. The van der Waals surface area contributed by atoms with E-state index in [4.69, 9.17) is 5.11 Å². The first-order valence-corrected chi connectivity index (χ1v) is 4.41. The lowest BCUT2D eigenvalue weighted by molar-refractivity contribution is -0.143. The molecule has 3 atom stereocenters. The summed E-state index contributed by atoms with van der Waals surface area (Å²) in [5.74, 6) is -0.162. The van der Waals surface area contributed by atoms with Gasteiger partial charge in [-0.1, -0.05) is 0 Å². The van der Waals surface area contributed by atoms with Crippen molar-refractivity contribution >= 4 is 11.8 Å². The molecule has 0 heterocycles. The highest BCUT2D eigenvalue weighted by atomic mass is 16.4. The van der Waals surface area contributed by atoms with E-state index in [2.05, 4.69) is 0 Å². The number of ketones is 1. The minimum absolute atomic E-state index is 0.147. The second-order valence-electron chi connectivity index (χ2n) is 3.99. The van der Waals surface area contributed by atoms with Crippen molar-refractivity contribution < 1.29 is 14.7 Å². The van der Waals surface area contributed by atoms with Gasteiger partial charge < -0.3 is 5.11 Å². The van der Waals surface area contributed by atoms with Crippen LogP contribution in [0.5, 0.6) is 0 Å². The molecule has 2 saturated carbocycles. The number of rotatable bonds is 1. The summed E-state index contributed by atoms with van der Waals surface area (Å²) in [5.41, 5.74) is 0. The summed E-state index contributed by atoms with van der Waals surface area (Å²) in [6, 6.07) is 0. The van der Waals surface area contributed by atoms with Crippen LogP contribution in [-0.4, -0.2) is 16.9 Å². The maximum atomic E-state index is 11.1. The van der Waals surface area contributed by atoms with E-state index < -0.39 is 5.97 Å². The lowest BCUT2D eigenvalue weighted by Crippen LogP contribution is -2.21. The largest absolute Gasteiger partial charge is 0.481 e. The standard InChI is InChI=1S/C9H12O3/c10-7-2-5-1-6(4-7)8(3-5)9(11)12/h5-6,8H,1-4H2,(H,11,12)/t5-,6+,8?/m0/s1. The molecule has 0 spiro atoms. The van der Waals surface area contributed by atoms with Crippen LogP contribution < -0.4 is 0 Å². The van der Waals surface area contributed by atoms with Gasteiger partial charge in [-0.25, -0.2) is 0 Å². The molecule has 0 aromatic carbocycles. The fraction of sp³-hybridized carbons (Fsp3) is 0.778. The lowest BCUT2D eigenvalue weighted by atomic mass is 9.86. The van der Waals surface area contributed by atoms with Crippen molar-refractivity contribution in [2.24, 2.45) is 17.8 Å². The van der Waals surface area contributed by atoms with Gasteiger partial charge in [0.2, 0.25) is 0 Å². The zero-order valence-electron chi connectivity index (χ0n) is 6.82. The molecule has 0 radical (unpaired) electrons. The summed E-state index contributed by atoms with van der Waals surface area (Å²) in [7, 11) is 0. The monoisotopic (exact) mass is 168 g/mol. The van der Waals surface area contributed by atoms with E-state index in [1.54, 1.807) is 0 Å². The minimum atomic E-state index is -0.711. The molecule has 66 valence electrons. The molecule has 0 amide bonds. The number of carboxylic acid groups (broad SMARTS) is 1. The Morgan fingerprint density at radius 3 is 2.75 bits per heavy atom. The van der Waals surface area contributed by atoms with Crippen LogP contribution in [0.1, 0.15) is 25.7 Å². The van der Waals surface area contributed by atoms with Gasteiger partial charge in [-0.3, -0.25) is 9.59 Å². The van der Waals surface area contributed by atoms with Gasteiger partial charge in [0.1, 0.15) is 5.78 Å². The van der Waals surface area contributed by atoms with E-state index in [-0.39, 0.29) is 17.6 Å². The second kappa shape index (κ2) is 2.57. The first kappa shape index (κ1) is 7.77. The van der Waals surface area contributed by atoms with Gasteiger partial charge in [0, 0.05) is 12.8 Å². The molecule has 1 unspecified atom stereocenters. The molecule has 1 N–H and O–H groups in total. The van der Waals surface area contributed by atoms with Gasteiger partial charge in [-0.15, -0.1) is 0 Å². The van der Waals surface area contributed by atoms with Crippen LogP contribution in [0.25, 0.3) is 0 Å². The van der Waals surface area contributed by atoms with Crippen LogP contribution in [0, 0.1) is 17.8 Å². The molecule has 0 aromatic heterocycles. The first-order valence-electron chi connectivity index (χ1n) is 4.41. The highest BCUT2D eigenvalue weighted by Gasteiger charge is 2.43. The van der Waals surface area contributed by atoms with E-state index in [9.17, 15) is 9.59 Å². The van der Waals surface area contributed by atoms with Gasteiger partial charge in [0.05, 0.1) is 5.92 Å². The van der Waals surface area contributed by atoms with Gasteiger partial charge >= 0.3 is 5.97 Å². The van der Waals surface area contributed by atoms with Crippen molar-refractivity contribution in [1.29, 1.82) is 0 Å². The lowest BCUT2D eigenvalue weighted by Gasteiger charge is -2.17. The van der Waals surface area contributed by atoms with E-state index >= 15 is 0 Å². The number of carbonyl (C=O) groups is 2. The quantitative estimate of drug-likeness (QED) is 0.637. The van der Waals surface area contributed by atoms with E-state index in [1.165, 1.54) is 0 Å². The van der Waals surface area contributed by atoms with Gasteiger partial charge in [0.25, 0.3) is 0 Å². The predicted molar refractivity (Wildman–Crippen MR) is 41.6 cm³/mol. The van der Waals surface area contributed by atoms with Crippen molar-refractivity contribution in [3.63, 3.8) is 0 Å². The fourth-order valence-corrected chi connectivity index (χ4v) is 2.63. The molecule has 2 rings (SSSR count). The average molecular weight is 168 g/mol. The third kappa shape index (κ3) is 1.13. The Hall–Kier alpha value is -0.860. The molecule has 0 saturated heterocycles. The van der Waals surface area contributed by atoms with Gasteiger partial charge in [-0.2, -0.15) is 0 Å². The number of Topliss-reactive ketones (excluding diaryl/α,β-unsaturated/α-hetero) is 1. The van der Waals surface area contributed by atoms with E-state index in [0.717, 1.165) is 12.8 Å². The molecule has 12 heavy (non-hydrogen) atoms. The summed E-state index contributed by atoms with van der Waals surface area (Å²) in [6.07, 6.45) is 2.82. The molecule has 2 aliphatic carbocycles. The van der Waals surface area contributed by atoms with Crippen LogP contribution in [-0.2, 0) is 9.59 Å². The first-order chi connectivity index (χ1) is 5.66. The molecule has 2 aliphatic rings. The van der Waals surface area contributed by atoms with Crippen LogP contribution in [0.15, 0.2) is 0 Å². The Morgan fingerprint density at radius 1 is 1.33 bits per heavy atom. The van der Waals surface area contributed by atoms with Gasteiger partial charge in [0.15, 0.2) is 0 Å². The normalized spacial score (nSPS) is 40.0. The topological polar surface area (TPSA) is 54.4 Å². The smallest absolute Gasteiger partial charge is 0.306 e. The molecule has 0 aliphatic heterocycles. The van der Waals surface area contributed by atoms with Crippen molar-refractivity contribution in [1.82, 2.24) is 0 Å². The van der Waals surface area contributed by atoms with E-state index in [1.807, 2.05) is 0 Å². The number of aliphatic carboxylic acids is 1. The van der Waals surface area contributed by atoms with Crippen LogP contribution in [0.3, 0.4) is 0 Å². The molecule has 3 heteroatoms. The molecule has 2 fully saturated rings. The van der Waals surface area contributed by atoms with Crippen molar-refractivity contribution in [3.05, 3.63) is 0 Å². The number of hydrogen-bond donors (Lipinski definition) is 1. The Labute approximate surface area is 70.8 Å². The summed E-state index contributed by atoms with van der Waals surface area (Å²) in [5, 5.41) is 8.84. The maximum absolute atomic E-state index is 11.1. The number of carboxylic acids is 1. The molecular formula is C9H12O3. The maximum Gasteiger partial charge on any atom is 0.306 e. The molecule has 0 aromatic rings. The molecule has 3 nitrogen and oxygen atoms in total. The highest BCUT2D eigenvalue weighted by Crippen LogP contribution is 2.44. The van der Waals surface area contributed by atoms with Crippen LogP contribution >= 0.6 is 0 Å². The number of carbonyl (C=O) groups excluding carboxylic acids is 1. The van der Waals surface area contributed by atoms with Gasteiger partial charge in [-0.05, 0) is 24.7 Å². The number of hydrogen-bond acceptors (Lipinski definition) is 2. The average Bonchev–Trinajstić information content (AvgIpc) is 2.26. The highest BCUT2D eigenvalue weighted by molar-refractivity contribution is 5.82. The van der Waals surface area contributed by atoms with Crippen molar-refractivity contribution in [2.45, 2.75) is 25.7 Å². The summed E-state index contributed by atoms with van der Waals surface area (Å²) < 4.78 is 0. The third-order valence-electron chi connectivity index (χ3n) is 3.12. The predicted octanol–water partition coefficient (Wildman–Crippen LogP) is 1.08.